The van der Waals surface area contributed by atoms with Gasteiger partial charge in [-0.05, 0) is 12.8 Å². The number of hydrogen-bond donors (Lipinski definition) is 2. The molecule has 0 bridgehead atoms. The second-order valence-corrected chi connectivity index (χ2v) is 3.50. The van der Waals surface area contributed by atoms with Crippen molar-refractivity contribution < 1.29 is 9.47 Å². The molecule has 0 aliphatic carbocycles. The van der Waals surface area contributed by atoms with Gasteiger partial charge >= 0.3 is 0 Å². The Hall–Kier alpha value is -0.160. The summed E-state index contributed by atoms with van der Waals surface area (Å²) in [5.74, 6) is 6.01. The van der Waals surface area contributed by atoms with E-state index in [0.29, 0.717) is 5.92 Å². The maximum atomic E-state index is 5.52. The van der Waals surface area contributed by atoms with Gasteiger partial charge in [-0.25, -0.2) is 0 Å². The zero-order valence-corrected chi connectivity index (χ0v) is 8.45. The molecule has 1 rings (SSSR count). The van der Waals surface area contributed by atoms with Crippen LogP contribution in [0.4, 0.5) is 0 Å². The van der Waals surface area contributed by atoms with Crippen LogP contribution >= 0.6 is 0 Å². The lowest BCUT2D eigenvalue weighted by molar-refractivity contribution is 0.0412. The van der Waals surface area contributed by atoms with Crippen molar-refractivity contribution in [3.63, 3.8) is 0 Å². The first-order chi connectivity index (χ1) is 6.33. The summed E-state index contributed by atoms with van der Waals surface area (Å²) >= 11 is 0. The molecule has 1 fully saturated rings. The van der Waals surface area contributed by atoms with Gasteiger partial charge in [-0.3, -0.25) is 11.3 Å². The quantitative estimate of drug-likeness (QED) is 0.480. The molecule has 3 unspecified atom stereocenters. The lowest BCUT2D eigenvalue weighted by Gasteiger charge is -2.28. The first-order valence-electron chi connectivity index (χ1n) is 4.90. The van der Waals surface area contributed by atoms with E-state index in [4.69, 9.17) is 15.3 Å². The van der Waals surface area contributed by atoms with Crippen LogP contribution in [0.1, 0.15) is 19.8 Å². The molecule has 3 N–H and O–H groups in total. The highest BCUT2D eigenvalue weighted by Crippen LogP contribution is 2.21. The van der Waals surface area contributed by atoms with Gasteiger partial charge in [0.2, 0.25) is 0 Å². The van der Waals surface area contributed by atoms with Crippen LogP contribution in [0, 0.1) is 5.92 Å². The fourth-order valence-corrected chi connectivity index (χ4v) is 1.95. The average molecular weight is 188 g/mol. The molecule has 4 nitrogen and oxygen atoms in total. The van der Waals surface area contributed by atoms with E-state index in [0.717, 1.165) is 26.1 Å². The standard InChI is InChI=1S/C9H20N2O2/c1-3-8(12-2)9(11-10)7-4-5-13-6-7/h7-9,11H,3-6,10H2,1-2H3. The molecule has 1 saturated heterocycles. The molecule has 3 atom stereocenters. The third-order valence-electron chi connectivity index (χ3n) is 2.77. The molecule has 4 heteroatoms. The Morgan fingerprint density at radius 2 is 2.46 bits per heavy atom. The highest BCUT2D eigenvalue weighted by molar-refractivity contribution is 4.83. The Labute approximate surface area is 79.7 Å². The van der Waals surface area contributed by atoms with E-state index in [1.54, 1.807) is 7.11 Å². The molecule has 1 heterocycles. The third kappa shape index (κ3) is 2.64. The van der Waals surface area contributed by atoms with Crippen LogP contribution in [0.3, 0.4) is 0 Å². The van der Waals surface area contributed by atoms with Gasteiger partial charge in [0.1, 0.15) is 0 Å². The van der Waals surface area contributed by atoms with Gasteiger partial charge in [0.05, 0.1) is 18.8 Å². The Morgan fingerprint density at radius 3 is 2.85 bits per heavy atom. The summed E-state index contributed by atoms with van der Waals surface area (Å²) in [6.45, 7) is 3.76. The number of nitrogens with one attached hydrogen (secondary N) is 1. The van der Waals surface area contributed by atoms with Gasteiger partial charge in [-0.1, -0.05) is 6.92 Å². The van der Waals surface area contributed by atoms with Crippen molar-refractivity contribution in [2.45, 2.75) is 31.9 Å². The maximum absolute atomic E-state index is 5.52. The first kappa shape index (κ1) is 10.9. The third-order valence-corrected chi connectivity index (χ3v) is 2.77. The second kappa shape index (κ2) is 5.54. The SMILES string of the molecule is CCC(OC)C(NN)C1CCOC1. The van der Waals surface area contributed by atoms with Gasteiger partial charge in [0.25, 0.3) is 0 Å². The van der Waals surface area contributed by atoms with Gasteiger partial charge in [0.15, 0.2) is 0 Å². The Morgan fingerprint density at radius 1 is 1.69 bits per heavy atom. The van der Waals surface area contributed by atoms with E-state index in [9.17, 15) is 0 Å². The van der Waals surface area contributed by atoms with Crippen molar-refractivity contribution in [2.75, 3.05) is 20.3 Å². The molecule has 0 amide bonds. The van der Waals surface area contributed by atoms with Crippen LogP contribution in [0.15, 0.2) is 0 Å². The van der Waals surface area contributed by atoms with Crippen molar-refractivity contribution >= 4 is 0 Å². The lowest BCUT2D eigenvalue weighted by Crippen LogP contribution is -2.49. The van der Waals surface area contributed by atoms with Crippen molar-refractivity contribution in [3.8, 4) is 0 Å². The highest BCUT2D eigenvalue weighted by atomic mass is 16.5. The molecular weight excluding hydrogens is 168 g/mol. The van der Waals surface area contributed by atoms with Gasteiger partial charge in [-0.15, -0.1) is 0 Å². The monoisotopic (exact) mass is 188 g/mol. The van der Waals surface area contributed by atoms with E-state index >= 15 is 0 Å². The summed E-state index contributed by atoms with van der Waals surface area (Å²) in [4.78, 5) is 0. The van der Waals surface area contributed by atoms with E-state index in [1.165, 1.54) is 0 Å². The molecule has 0 aromatic rings. The summed E-state index contributed by atoms with van der Waals surface area (Å²) in [7, 11) is 1.73. The molecular formula is C9H20N2O2. The number of rotatable bonds is 5. The van der Waals surface area contributed by atoms with E-state index < -0.39 is 0 Å². The number of hydrogen-bond acceptors (Lipinski definition) is 4. The fraction of sp³-hybridized carbons (Fsp3) is 1.00. The highest BCUT2D eigenvalue weighted by Gasteiger charge is 2.30. The maximum Gasteiger partial charge on any atom is 0.0738 e. The second-order valence-electron chi connectivity index (χ2n) is 3.50. The molecule has 0 saturated carbocycles. The largest absolute Gasteiger partial charge is 0.381 e. The van der Waals surface area contributed by atoms with Crippen molar-refractivity contribution in [3.05, 3.63) is 0 Å². The summed E-state index contributed by atoms with van der Waals surface area (Å²) in [6, 6.07) is 0.220. The molecule has 13 heavy (non-hydrogen) atoms. The molecule has 0 spiro atoms. The minimum atomic E-state index is 0.191. The Bertz CT molecular complexity index is 132. The number of ether oxygens (including phenoxy) is 2. The van der Waals surface area contributed by atoms with Crippen molar-refractivity contribution in [2.24, 2.45) is 11.8 Å². The zero-order chi connectivity index (χ0) is 9.68. The van der Waals surface area contributed by atoms with Crippen LogP contribution in [0.2, 0.25) is 0 Å². The molecule has 0 radical (unpaired) electrons. The first-order valence-corrected chi connectivity index (χ1v) is 4.90. The summed E-state index contributed by atoms with van der Waals surface area (Å²) < 4.78 is 10.7. The molecule has 1 aliphatic rings. The lowest BCUT2D eigenvalue weighted by atomic mass is 9.93. The molecule has 0 aromatic carbocycles. The molecule has 0 aromatic heterocycles. The predicted octanol–water partition coefficient (Wildman–Crippen LogP) is 0.280. The average Bonchev–Trinajstić information content (AvgIpc) is 2.66. The number of nitrogens with two attached hydrogens (primary N) is 1. The minimum Gasteiger partial charge on any atom is -0.381 e. The summed E-state index contributed by atoms with van der Waals surface area (Å²) in [5.41, 5.74) is 2.84. The van der Waals surface area contributed by atoms with Gasteiger partial charge < -0.3 is 9.47 Å². The summed E-state index contributed by atoms with van der Waals surface area (Å²) in [6.07, 6.45) is 2.24. The van der Waals surface area contributed by atoms with E-state index in [1.807, 2.05) is 0 Å². The van der Waals surface area contributed by atoms with Crippen molar-refractivity contribution in [1.29, 1.82) is 0 Å². The van der Waals surface area contributed by atoms with Crippen LogP contribution in [0.25, 0.3) is 0 Å². The van der Waals surface area contributed by atoms with E-state index in [-0.39, 0.29) is 12.1 Å². The van der Waals surface area contributed by atoms with Crippen LogP contribution < -0.4 is 11.3 Å². The summed E-state index contributed by atoms with van der Waals surface area (Å²) in [5, 5.41) is 0. The predicted molar refractivity (Wildman–Crippen MR) is 51.1 cm³/mol. The van der Waals surface area contributed by atoms with E-state index in [2.05, 4.69) is 12.3 Å². The minimum absolute atomic E-state index is 0.191. The fourth-order valence-electron chi connectivity index (χ4n) is 1.95. The Balaban J connectivity index is 2.48. The molecule has 78 valence electrons. The van der Waals surface area contributed by atoms with Crippen molar-refractivity contribution in [1.82, 2.24) is 5.43 Å². The normalized spacial score (nSPS) is 27.5. The van der Waals surface area contributed by atoms with Crippen LogP contribution in [-0.4, -0.2) is 32.5 Å². The number of methoxy groups -OCH3 is 1. The van der Waals surface area contributed by atoms with Crippen LogP contribution in [-0.2, 0) is 9.47 Å². The van der Waals surface area contributed by atoms with Gasteiger partial charge in [0, 0.05) is 19.6 Å². The zero-order valence-electron chi connectivity index (χ0n) is 8.45. The number of hydrazine groups is 1. The topological polar surface area (TPSA) is 56.5 Å². The Kier molecular flexibility index (Phi) is 4.66. The molecule has 1 aliphatic heterocycles. The van der Waals surface area contributed by atoms with Crippen LogP contribution in [0.5, 0.6) is 0 Å². The smallest absolute Gasteiger partial charge is 0.0738 e. The van der Waals surface area contributed by atoms with Gasteiger partial charge in [-0.2, -0.15) is 0 Å².